The molecule has 0 aliphatic carbocycles. The first kappa shape index (κ1) is 21.4. The Hall–Kier alpha value is -1.93. The monoisotopic (exact) mass is 396 g/mol. The van der Waals surface area contributed by atoms with E-state index in [1.54, 1.807) is 0 Å². The molecule has 2 rings (SSSR count). The van der Waals surface area contributed by atoms with E-state index in [-0.39, 0.29) is 17.9 Å². The number of esters is 1. The molecule has 0 atom stereocenters. The van der Waals surface area contributed by atoms with Crippen molar-refractivity contribution in [3.05, 3.63) is 24.3 Å². The number of amides is 1. The molecular weight excluding hydrogens is 368 g/mol. The first-order valence-electron chi connectivity index (χ1n) is 9.34. The Bertz CT molecular complexity index is 738. The second-order valence-electron chi connectivity index (χ2n) is 7.13. The van der Waals surface area contributed by atoms with Crippen LogP contribution in [0.25, 0.3) is 0 Å². The number of nitrogens with one attached hydrogen (secondary N) is 1. The molecule has 1 fully saturated rings. The molecule has 1 saturated heterocycles. The van der Waals surface area contributed by atoms with Crippen LogP contribution in [0.2, 0.25) is 0 Å². The lowest BCUT2D eigenvalue weighted by Crippen LogP contribution is -2.35. The molecular formula is C19H28N2O5S. The average molecular weight is 397 g/mol. The van der Waals surface area contributed by atoms with Crippen LogP contribution in [0.1, 0.15) is 46.0 Å². The second kappa shape index (κ2) is 9.85. The summed E-state index contributed by atoms with van der Waals surface area (Å²) in [5, 5.41) is 2.60. The van der Waals surface area contributed by atoms with E-state index in [0.29, 0.717) is 31.1 Å². The summed E-state index contributed by atoms with van der Waals surface area (Å²) >= 11 is 0. The van der Waals surface area contributed by atoms with Gasteiger partial charge in [-0.3, -0.25) is 9.59 Å². The molecule has 1 aliphatic heterocycles. The van der Waals surface area contributed by atoms with E-state index in [1.807, 2.05) is 13.8 Å². The van der Waals surface area contributed by atoms with Gasteiger partial charge in [-0.05, 0) is 49.4 Å². The van der Waals surface area contributed by atoms with Gasteiger partial charge in [-0.15, -0.1) is 0 Å². The number of hydrogen-bond donors (Lipinski definition) is 1. The quantitative estimate of drug-likeness (QED) is 0.682. The van der Waals surface area contributed by atoms with E-state index in [0.717, 1.165) is 19.3 Å². The molecule has 0 unspecified atom stereocenters. The fourth-order valence-corrected chi connectivity index (χ4v) is 4.30. The van der Waals surface area contributed by atoms with Crippen molar-refractivity contribution >= 4 is 27.6 Å². The molecule has 1 heterocycles. The maximum atomic E-state index is 12.6. The van der Waals surface area contributed by atoms with E-state index in [1.165, 1.54) is 28.6 Å². The van der Waals surface area contributed by atoms with Gasteiger partial charge in [0.1, 0.15) is 0 Å². The number of ether oxygens (including phenoxy) is 1. The summed E-state index contributed by atoms with van der Waals surface area (Å²) in [6.45, 7) is 4.75. The van der Waals surface area contributed by atoms with Crippen LogP contribution in [-0.2, 0) is 24.3 Å². The van der Waals surface area contributed by atoms with Gasteiger partial charge in [0.2, 0.25) is 10.0 Å². The summed E-state index contributed by atoms with van der Waals surface area (Å²) in [6.07, 6.45) is 3.81. The standard InChI is InChI=1S/C19H28N2O5S/c1-15(2)6-11-19(23)26-14-18(22)20-16-7-9-17(10-8-16)27(24,25)21-12-4-3-5-13-21/h7-10,15H,3-6,11-14H2,1-2H3,(H,20,22). The predicted octanol–water partition coefficient (Wildman–Crippen LogP) is 2.78. The third-order valence-electron chi connectivity index (χ3n) is 4.38. The zero-order valence-corrected chi connectivity index (χ0v) is 16.8. The van der Waals surface area contributed by atoms with Gasteiger partial charge >= 0.3 is 5.97 Å². The van der Waals surface area contributed by atoms with Crippen molar-refractivity contribution in [1.82, 2.24) is 4.31 Å². The first-order chi connectivity index (χ1) is 12.8. The van der Waals surface area contributed by atoms with Crippen LogP contribution in [0.4, 0.5) is 5.69 Å². The fourth-order valence-electron chi connectivity index (χ4n) is 2.79. The number of nitrogens with zero attached hydrogens (tertiary/aromatic N) is 1. The van der Waals surface area contributed by atoms with Gasteiger partial charge in [0.05, 0.1) is 4.90 Å². The van der Waals surface area contributed by atoms with Gasteiger partial charge in [-0.2, -0.15) is 4.31 Å². The van der Waals surface area contributed by atoms with Crippen molar-refractivity contribution < 1.29 is 22.7 Å². The summed E-state index contributed by atoms with van der Waals surface area (Å²) < 4.78 is 31.6. The van der Waals surface area contributed by atoms with Crippen LogP contribution >= 0.6 is 0 Å². The summed E-state index contributed by atoms with van der Waals surface area (Å²) in [4.78, 5) is 23.6. The Morgan fingerprint density at radius 1 is 1.11 bits per heavy atom. The number of rotatable bonds is 8. The van der Waals surface area contributed by atoms with Crippen LogP contribution in [0, 0.1) is 5.92 Å². The molecule has 27 heavy (non-hydrogen) atoms. The highest BCUT2D eigenvalue weighted by molar-refractivity contribution is 7.89. The highest BCUT2D eigenvalue weighted by atomic mass is 32.2. The highest BCUT2D eigenvalue weighted by Crippen LogP contribution is 2.22. The maximum Gasteiger partial charge on any atom is 0.306 e. The molecule has 0 spiro atoms. The van der Waals surface area contributed by atoms with E-state index >= 15 is 0 Å². The molecule has 8 heteroatoms. The molecule has 1 aromatic rings. The maximum absolute atomic E-state index is 12.6. The Balaban J connectivity index is 1.86. The van der Waals surface area contributed by atoms with Crippen molar-refractivity contribution in [1.29, 1.82) is 0 Å². The van der Waals surface area contributed by atoms with Crippen LogP contribution in [0.3, 0.4) is 0 Å². The average Bonchev–Trinajstić information content (AvgIpc) is 2.66. The summed E-state index contributed by atoms with van der Waals surface area (Å²) in [6, 6.07) is 6.03. The van der Waals surface area contributed by atoms with Gasteiger partial charge in [0.25, 0.3) is 5.91 Å². The van der Waals surface area contributed by atoms with E-state index in [2.05, 4.69) is 5.32 Å². The summed E-state index contributed by atoms with van der Waals surface area (Å²) in [5.74, 6) is -0.465. The van der Waals surface area contributed by atoms with E-state index in [9.17, 15) is 18.0 Å². The van der Waals surface area contributed by atoms with Crippen molar-refractivity contribution in [3.63, 3.8) is 0 Å². The fraction of sp³-hybridized carbons (Fsp3) is 0.579. The number of sulfonamides is 1. The lowest BCUT2D eigenvalue weighted by atomic mass is 10.1. The highest BCUT2D eigenvalue weighted by Gasteiger charge is 2.25. The molecule has 0 bridgehead atoms. The van der Waals surface area contributed by atoms with Crippen molar-refractivity contribution in [2.45, 2.75) is 50.8 Å². The van der Waals surface area contributed by atoms with Crippen LogP contribution in [0.5, 0.6) is 0 Å². The minimum absolute atomic E-state index is 0.211. The van der Waals surface area contributed by atoms with Crippen LogP contribution in [0.15, 0.2) is 29.2 Å². The van der Waals surface area contributed by atoms with Crippen molar-refractivity contribution in [2.75, 3.05) is 25.0 Å². The Morgan fingerprint density at radius 3 is 2.33 bits per heavy atom. The number of piperidine rings is 1. The van der Waals surface area contributed by atoms with E-state index in [4.69, 9.17) is 4.74 Å². The Morgan fingerprint density at radius 2 is 1.74 bits per heavy atom. The van der Waals surface area contributed by atoms with E-state index < -0.39 is 21.9 Å². The molecule has 1 aliphatic rings. The predicted molar refractivity (Wildman–Crippen MR) is 103 cm³/mol. The zero-order valence-electron chi connectivity index (χ0n) is 15.9. The number of carbonyl (C=O) groups is 2. The number of benzene rings is 1. The largest absolute Gasteiger partial charge is 0.456 e. The van der Waals surface area contributed by atoms with Crippen molar-refractivity contribution in [2.24, 2.45) is 5.92 Å². The van der Waals surface area contributed by atoms with Crippen LogP contribution < -0.4 is 5.32 Å². The lowest BCUT2D eigenvalue weighted by molar-refractivity contribution is -0.147. The van der Waals surface area contributed by atoms with Gasteiger partial charge < -0.3 is 10.1 Å². The van der Waals surface area contributed by atoms with Gasteiger partial charge in [0.15, 0.2) is 6.61 Å². The molecule has 150 valence electrons. The molecule has 0 saturated carbocycles. The molecule has 1 aromatic carbocycles. The third kappa shape index (κ3) is 6.62. The van der Waals surface area contributed by atoms with Gasteiger partial charge in [-0.25, -0.2) is 8.42 Å². The van der Waals surface area contributed by atoms with Gasteiger partial charge in [-0.1, -0.05) is 20.3 Å². The number of carbonyl (C=O) groups excluding carboxylic acids is 2. The number of anilines is 1. The first-order valence-corrected chi connectivity index (χ1v) is 10.8. The molecule has 1 N–H and O–H groups in total. The minimum atomic E-state index is -3.49. The van der Waals surface area contributed by atoms with Crippen molar-refractivity contribution in [3.8, 4) is 0 Å². The zero-order chi connectivity index (χ0) is 19.9. The normalized spacial score (nSPS) is 15.5. The Kier molecular flexibility index (Phi) is 7.79. The SMILES string of the molecule is CC(C)CCC(=O)OCC(=O)Nc1ccc(S(=O)(=O)N2CCCCC2)cc1. The molecule has 7 nitrogen and oxygen atoms in total. The summed E-state index contributed by atoms with van der Waals surface area (Å²) in [7, 11) is -3.49. The topological polar surface area (TPSA) is 92.8 Å². The van der Waals surface area contributed by atoms with Crippen LogP contribution in [-0.4, -0.2) is 44.3 Å². The van der Waals surface area contributed by atoms with Gasteiger partial charge in [0, 0.05) is 25.2 Å². The molecule has 0 radical (unpaired) electrons. The lowest BCUT2D eigenvalue weighted by Gasteiger charge is -2.25. The summed E-state index contributed by atoms with van der Waals surface area (Å²) in [5.41, 5.74) is 0.454. The third-order valence-corrected chi connectivity index (χ3v) is 6.29. The molecule has 0 aromatic heterocycles. The smallest absolute Gasteiger partial charge is 0.306 e. The minimum Gasteiger partial charge on any atom is -0.456 e. The Labute approximate surface area is 161 Å². The second-order valence-corrected chi connectivity index (χ2v) is 9.07. The molecule has 1 amide bonds. The number of hydrogen-bond acceptors (Lipinski definition) is 5.